The van der Waals surface area contributed by atoms with Crippen LogP contribution in [-0.4, -0.2) is 25.8 Å². The summed E-state index contributed by atoms with van der Waals surface area (Å²) in [6, 6.07) is 13.6. The molecule has 2 aromatic carbocycles. The van der Waals surface area contributed by atoms with Gasteiger partial charge < -0.3 is 5.32 Å². The Morgan fingerprint density at radius 2 is 1.80 bits per heavy atom. The summed E-state index contributed by atoms with van der Waals surface area (Å²) in [6.07, 6.45) is 0. The number of hydrogen-bond donors (Lipinski definition) is 1. The minimum atomic E-state index is -0.551. The molecule has 1 amide bonds. The maximum absolute atomic E-state index is 12.5. The summed E-state index contributed by atoms with van der Waals surface area (Å²) in [6.45, 7) is 3.69. The van der Waals surface area contributed by atoms with Crippen LogP contribution in [0.5, 0.6) is 0 Å². The van der Waals surface area contributed by atoms with Crippen LogP contribution in [0, 0.1) is 24.0 Å². The van der Waals surface area contributed by atoms with Crippen molar-refractivity contribution in [2.45, 2.75) is 13.8 Å². The fraction of sp³-hybridized carbons (Fsp3) is 0.118. The molecule has 126 valence electrons. The first-order valence-corrected chi connectivity index (χ1v) is 7.51. The Bertz CT molecular complexity index is 947. The molecule has 1 heterocycles. The molecule has 8 heteroatoms. The Balaban J connectivity index is 1.89. The average Bonchev–Trinajstić information content (AvgIpc) is 2.97. The number of benzene rings is 2. The highest BCUT2D eigenvalue weighted by Gasteiger charge is 2.21. The Morgan fingerprint density at radius 1 is 1.12 bits per heavy atom. The number of aryl methyl sites for hydroxylation is 1. The minimum absolute atomic E-state index is 0.110. The van der Waals surface area contributed by atoms with Crippen molar-refractivity contribution in [2.24, 2.45) is 0 Å². The molecule has 1 aromatic heterocycles. The molecule has 0 saturated heterocycles. The van der Waals surface area contributed by atoms with Gasteiger partial charge in [0.15, 0.2) is 5.69 Å². The summed E-state index contributed by atoms with van der Waals surface area (Å²) < 4.78 is 1.55. The van der Waals surface area contributed by atoms with Crippen molar-refractivity contribution in [2.75, 3.05) is 5.32 Å². The van der Waals surface area contributed by atoms with Crippen molar-refractivity contribution in [1.29, 1.82) is 0 Å². The molecular formula is C17H15N5O3. The van der Waals surface area contributed by atoms with E-state index in [4.69, 9.17) is 0 Å². The van der Waals surface area contributed by atoms with Gasteiger partial charge in [-0.15, -0.1) is 5.10 Å². The van der Waals surface area contributed by atoms with E-state index in [-0.39, 0.29) is 17.1 Å². The zero-order valence-corrected chi connectivity index (χ0v) is 13.6. The van der Waals surface area contributed by atoms with E-state index in [0.717, 1.165) is 11.3 Å². The number of nitrogens with zero attached hydrogens (tertiary/aromatic N) is 4. The first kappa shape index (κ1) is 16.3. The molecule has 1 N–H and O–H groups in total. The molecule has 0 fully saturated rings. The molecule has 0 saturated carbocycles. The highest BCUT2D eigenvalue weighted by atomic mass is 16.6. The zero-order valence-electron chi connectivity index (χ0n) is 13.6. The van der Waals surface area contributed by atoms with Gasteiger partial charge in [0.25, 0.3) is 11.6 Å². The van der Waals surface area contributed by atoms with Crippen LogP contribution in [0.4, 0.5) is 11.4 Å². The number of carbonyl (C=O) groups is 1. The standard InChI is InChI=1S/C17H15N5O3/c1-11-7-9-13(10-8-11)21-12(2)16(19-20-21)17(23)18-14-5-3-4-6-15(14)22(24)25/h3-10H,1-2H3,(H,18,23). The maximum Gasteiger partial charge on any atom is 0.292 e. The van der Waals surface area contributed by atoms with Crippen LogP contribution >= 0.6 is 0 Å². The van der Waals surface area contributed by atoms with Gasteiger partial charge in [0.2, 0.25) is 0 Å². The lowest BCUT2D eigenvalue weighted by molar-refractivity contribution is -0.383. The predicted octanol–water partition coefficient (Wildman–Crippen LogP) is 3.04. The zero-order chi connectivity index (χ0) is 18.0. The van der Waals surface area contributed by atoms with Gasteiger partial charge in [-0.25, -0.2) is 4.68 Å². The van der Waals surface area contributed by atoms with Crippen molar-refractivity contribution in [3.63, 3.8) is 0 Å². The van der Waals surface area contributed by atoms with Crippen LogP contribution in [-0.2, 0) is 0 Å². The minimum Gasteiger partial charge on any atom is -0.315 e. The quantitative estimate of drug-likeness (QED) is 0.582. The summed E-state index contributed by atoms with van der Waals surface area (Å²) in [5, 5.41) is 21.5. The van der Waals surface area contributed by atoms with E-state index in [0.29, 0.717) is 5.69 Å². The first-order valence-electron chi connectivity index (χ1n) is 7.51. The number of amides is 1. The van der Waals surface area contributed by atoms with Gasteiger partial charge in [-0.3, -0.25) is 14.9 Å². The van der Waals surface area contributed by atoms with Gasteiger partial charge in [0.1, 0.15) is 5.69 Å². The van der Waals surface area contributed by atoms with E-state index in [1.807, 2.05) is 31.2 Å². The van der Waals surface area contributed by atoms with Gasteiger partial charge in [0, 0.05) is 6.07 Å². The lowest BCUT2D eigenvalue weighted by Gasteiger charge is -2.06. The van der Waals surface area contributed by atoms with Crippen molar-refractivity contribution in [3.8, 4) is 5.69 Å². The molecule has 0 spiro atoms. The molecule has 25 heavy (non-hydrogen) atoms. The average molecular weight is 337 g/mol. The molecule has 3 aromatic rings. The van der Waals surface area contributed by atoms with E-state index >= 15 is 0 Å². The summed E-state index contributed by atoms with van der Waals surface area (Å²) in [5.41, 5.74) is 2.47. The van der Waals surface area contributed by atoms with Crippen LogP contribution in [0.15, 0.2) is 48.5 Å². The number of nitro benzene ring substituents is 1. The number of rotatable bonds is 4. The lowest BCUT2D eigenvalue weighted by atomic mass is 10.2. The molecule has 3 rings (SSSR count). The normalized spacial score (nSPS) is 10.5. The molecule has 8 nitrogen and oxygen atoms in total. The van der Waals surface area contributed by atoms with E-state index < -0.39 is 10.8 Å². The second-order valence-corrected chi connectivity index (χ2v) is 5.50. The highest BCUT2D eigenvalue weighted by Crippen LogP contribution is 2.24. The van der Waals surface area contributed by atoms with Crippen LogP contribution in [0.25, 0.3) is 5.69 Å². The molecule has 0 radical (unpaired) electrons. The topological polar surface area (TPSA) is 103 Å². The number of hydrogen-bond acceptors (Lipinski definition) is 5. The molecule has 0 aliphatic carbocycles. The fourth-order valence-electron chi connectivity index (χ4n) is 2.39. The third-order valence-electron chi connectivity index (χ3n) is 3.74. The number of aromatic nitrogens is 3. The second-order valence-electron chi connectivity index (χ2n) is 5.50. The van der Waals surface area contributed by atoms with Crippen LogP contribution in [0.2, 0.25) is 0 Å². The molecular weight excluding hydrogens is 322 g/mol. The van der Waals surface area contributed by atoms with Gasteiger partial charge >= 0.3 is 0 Å². The largest absolute Gasteiger partial charge is 0.315 e. The highest BCUT2D eigenvalue weighted by molar-refractivity contribution is 6.04. The molecule has 0 aliphatic rings. The molecule has 0 bridgehead atoms. The van der Waals surface area contributed by atoms with Crippen molar-refractivity contribution >= 4 is 17.3 Å². The monoisotopic (exact) mass is 337 g/mol. The van der Waals surface area contributed by atoms with E-state index in [1.54, 1.807) is 17.7 Å². The summed E-state index contributed by atoms with van der Waals surface area (Å²) >= 11 is 0. The maximum atomic E-state index is 12.5. The number of carbonyl (C=O) groups excluding carboxylic acids is 1. The first-order chi connectivity index (χ1) is 12.0. The number of para-hydroxylation sites is 2. The summed E-state index contributed by atoms with van der Waals surface area (Å²) in [5.74, 6) is -0.551. The fourth-order valence-corrected chi connectivity index (χ4v) is 2.39. The van der Waals surface area contributed by atoms with Gasteiger partial charge in [-0.2, -0.15) is 0 Å². The van der Waals surface area contributed by atoms with Crippen molar-refractivity contribution in [3.05, 3.63) is 75.6 Å². The molecule has 0 atom stereocenters. The summed E-state index contributed by atoms with van der Waals surface area (Å²) in [4.78, 5) is 23.0. The Kier molecular flexibility index (Phi) is 4.25. The third-order valence-corrected chi connectivity index (χ3v) is 3.74. The molecule has 0 unspecified atom stereocenters. The predicted molar refractivity (Wildman–Crippen MR) is 91.9 cm³/mol. The van der Waals surface area contributed by atoms with Gasteiger partial charge in [0.05, 0.1) is 16.3 Å². The van der Waals surface area contributed by atoms with Crippen LogP contribution in [0.3, 0.4) is 0 Å². The second kappa shape index (κ2) is 6.52. The number of anilines is 1. The third kappa shape index (κ3) is 3.23. The summed E-state index contributed by atoms with van der Waals surface area (Å²) in [7, 11) is 0. The Labute approximate surface area is 143 Å². The smallest absolute Gasteiger partial charge is 0.292 e. The van der Waals surface area contributed by atoms with Gasteiger partial charge in [-0.1, -0.05) is 35.0 Å². The Hall–Kier alpha value is -3.55. The van der Waals surface area contributed by atoms with Crippen LogP contribution in [0.1, 0.15) is 21.7 Å². The van der Waals surface area contributed by atoms with Crippen LogP contribution < -0.4 is 5.32 Å². The van der Waals surface area contributed by atoms with Crippen molar-refractivity contribution < 1.29 is 9.72 Å². The SMILES string of the molecule is Cc1ccc(-n2nnc(C(=O)Nc3ccccc3[N+](=O)[O-])c2C)cc1. The van der Waals surface area contributed by atoms with E-state index in [9.17, 15) is 14.9 Å². The lowest BCUT2D eigenvalue weighted by Crippen LogP contribution is -2.15. The van der Waals surface area contributed by atoms with E-state index in [2.05, 4.69) is 15.6 Å². The number of nitrogens with one attached hydrogen (secondary N) is 1. The Morgan fingerprint density at radius 3 is 2.48 bits per heavy atom. The molecule has 0 aliphatic heterocycles. The van der Waals surface area contributed by atoms with Crippen molar-refractivity contribution in [1.82, 2.24) is 15.0 Å². The van der Waals surface area contributed by atoms with Gasteiger partial charge in [-0.05, 0) is 32.0 Å². The van der Waals surface area contributed by atoms with E-state index in [1.165, 1.54) is 18.2 Å². The number of nitro groups is 1.